The Morgan fingerprint density at radius 3 is 2.50 bits per heavy atom. The van der Waals surface area contributed by atoms with Gasteiger partial charge in [0.25, 0.3) is 0 Å². The number of hydrogen-bond donors (Lipinski definition) is 1. The van der Waals surface area contributed by atoms with Crippen LogP contribution in [0.1, 0.15) is 24.4 Å². The molecule has 1 N–H and O–H groups in total. The Morgan fingerprint density at radius 1 is 1.29 bits per heavy atom. The van der Waals surface area contributed by atoms with Crippen LogP contribution in [0.4, 0.5) is 0 Å². The van der Waals surface area contributed by atoms with Crippen molar-refractivity contribution in [2.75, 3.05) is 13.7 Å². The third kappa shape index (κ3) is 2.40. The minimum Gasteiger partial charge on any atom is -0.497 e. The van der Waals surface area contributed by atoms with E-state index in [1.165, 1.54) is 18.4 Å². The summed E-state index contributed by atoms with van der Waals surface area (Å²) in [5.74, 6) is 0.932. The van der Waals surface area contributed by atoms with Crippen LogP contribution < -0.4 is 10.1 Å². The molecule has 0 saturated carbocycles. The molecule has 1 aliphatic rings. The van der Waals surface area contributed by atoms with Crippen LogP contribution in [0, 0.1) is 0 Å². The molecule has 1 saturated heterocycles. The first-order valence-electron chi connectivity index (χ1n) is 4.77. The first kappa shape index (κ1) is 11.3. The summed E-state index contributed by atoms with van der Waals surface area (Å²) in [5, 5.41) is 3.47. The zero-order valence-corrected chi connectivity index (χ0v) is 9.14. The van der Waals surface area contributed by atoms with E-state index >= 15 is 0 Å². The fourth-order valence-corrected chi connectivity index (χ4v) is 1.81. The van der Waals surface area contributed by atoms with E-state index in [-0.39, 0.29) is 12.4 Å². The summed E-state index contributed by atoms with van der Waals surface area (Å²) in [5.41, 5.74) is 1.37. The van der Waals surface area contributed by atoms with Crippen molar-refractivity contribution >= 4 is 12.4 Å². The van der Waals surface area contributed by atoms with Gasteiger partial charge < -0.3 is 10.1 Å². The van der Waals surface area contributed by atoms with Crippen molar-refractivity contribution in [2.45, 2.75) is 18.9 Å². The van der Waals surface area contributed by atoms with Gasteiger partial charge >= 0.3 is 0 Å². The van der Waals surface area contributed by atoms with Crippen LogP contribution in [0.5, 0.6) is 5.75 Å². The Hall–Kier alpha value is -0.730. The topological polar surface area (TPSA) is 21.3 Å². The third-order valence-electron chi connectivity index (χ3n) is 2.58. The van der Waals surface area contributed by atoms with Crippen LogP contribution in [-0.2, 0) is 0 Å². The van der Waals surface area contributed by atoms with Gasteiger partial charge in [-0.2, -0.15) is 0 Å². The van der Waals surface area contributed by atoms with Crippen LogP contribution in [0.25, 0.3) is 0 Å². The van der Waals surface area contributed by atoms with E-state index in [0.717, 1.165) is 12.3 Å². The number of hydrogen-bond acceptors (Lipinski definition) is 2. The summed E-state index contributed by atoms with van der Waals surface area (Å²) < 4.78 is 5.11. The molecule has 14 heavy (non-hydrogen) atoms. The van der Waals surface area contributed by atoms with Crippen LogP contribution >= 0.6 is 12.4 Å². The maximum absolute atomic E-state index is 5.11. The first-order valence-corrected chi connectivity index (χ1v) is 4.77. The second kappa shape index (κ2) is 5.23. The van der Waals surface area contributed by atoms with Crippen molar-refractivity contribution in [3.8, 4) is 5.75 Å². The molecular formula is C11H16ClNO. The number of ether oxygens (including phenoxy) is 1. The normalized spacial score (nSPS) is 20.2. The number of halogens is 1. The molecule has 1 heterocycles. The van der Waals surface area contributed by atoms with E-state index < -0.39 is 0 Å². The minimum atomic E-state index is 0. The monoisotopic (exact) mass is 213 g/mol. The molecule has 1 aromatic carbocycles. The van der Waals surface area contributed by atoms with Gasteiger partial charge in [-0.3, -0.25) is 0 Å². The summed E-state index contributed by atoms with van der Waals surface area (Å²) in [6, 6.07) is 8.89. The maximum atomic E-state index is 5.11. The minimum absolute atomic E-state index is 0. The quantitative estimate of drug-likeness (QED) is 0.816. The van der Waals surface area contributed by atoms with E-state index in [1.807, 2.05) is 12.1 Å². The van der Waals surface area contributed by atoms with Gasteiger partial charge in [0, 0.05) is 6.04 Å². The molecule has 0 amide bonds. The van der Waals surface area contributed by atoms with Gasteiger partial charge in [0.1, 0.15) is 5.75 Å². The largest absolute Gasteiger partial charge is 0.497 e. The molecular weight excluding hydrogens is 198 g/mol. The average molecular weight is 214 g/mol. The van der Waals surface area contributed by atoms with Crippen LogP contribution in [0.3, 0.4) is 0 Å². The van der Waals surface area contributed by atoms with Crippen molar-refractivity contribution in [3.63, 3.8) is 0 Å². The number of rotatable bonds is 2. The number of benzene rings is 1. The highest BCUT2D eigenvalue weighted by molar-refractivity contribution is 5.85. The lowest BCUT2D eigenvalue weighted by Crippen LogP contribution is -2.12. The number of nitrogens with one attached hydrogen (secondary N) is 1. The zero-order valence-electron chi connectivity index (χ0n) is 8.32. The van der Waals surface area contributed by atoms with Gasteiger partial charge in [0.15, 0.2) is 0 Å². The van der Waals surface area contributed by atoms with E-state index in [4.69, 9.17) is 4.74 Å². The second-order valence-electron chi connectivity index (χ2n) is 3.42. The van der Waals surface area contributed by atoms with E-state index in [0.29, 0.717) is 6.04 Å². The van der Waals surface area contributed by atoms with Crippen LogP contribution in [0.2, 0.25) is 0 Å². The highest BCUT2D eigenvalue weighted by Crippen LogP contribution is 2.24. The molecule has 78 valence electrons. The molecule has 2 nitrogen and oxygen atoms in total. The summed E-state index contributed by atoms with van der Waals surface area (Å²) in [6.07, 6.45) is 2.54. The van der Waals surface area contributed by atoms with E-state index in [2.05, 4.69) is 17.4 Å². The Morgan fingerprint density at radius 2 is 2.00 bits per heavy atom. The zero-order chi connectivity index (χ0) is 9.10. The molecule has 0 spiro atoms. The van der Waals surface area contributed by atoms with Crippen molar-refractivity contribution in [1.82, 2.24) is 5.32 Å². The average Bonchev–Trinajstić information content (AvgIpc) is 2.71. The predicted molar refractivity (Wildman–Crippen MR) is 60.2 cm³/mol. The van der Waals surface area contributed by atoms with Gasteiger partial charge in [0.2, 0.25) is 0 Å². The van der Waals surface area contributed by atoms with E-state index in [9.17, 15) is 0 Å². The van der Waals surface area contributed by atoms with Crippen molar-refractivity contribution in [3.05, 3.63) is 29.8 Å². The Bertz CT molecular complexity index is 267. The highest BCUT2D eigenvalue weighted by Gasteiger charge is 2.15. The smallest absolute Gasteiger partial charge is 0.118 e. The Labute approximate surface area is 91.1 Å². The van der Waals surface area contributed by atoms with Gasteiger partial charge in [0.05, 0.1) is 7.11 Å². The second-order valence-corrected chi connectivity index (χ2v) is 3.42. The molecule has 0 radical (unpaired) electrons. The van der Waals surface area contributed by atoms with E-state index in [1.54, 1.807) is 7.11 Å². The Balaban J connectivity index is 0.000000980. The van der Waals surface area contributed by atoms with Gasteiger partial charge in [-0.15, -0.1) is 12.4 Å². The summed E-state index contributed by atoms with van der Waals surface area (Å²) in [6.45, 7) is 1.15. The van der Waals surface area contributed by atoms with Gasteiger partial charge in [-0.1, -0.05) is 12.1 Å². The molecule has 1 aromatic rings. The summed E-state index contributed by atoms with van der Waals surface area (Å²) in [4.78, 5) is 0. The molecule has 3 heteroatoms. The first-order chi connectivity index (χ1) is 6.40. The van der Waals surface area contributed by atoms with Crippen molar-refractivity contribution < 1.29 is 4.74 Å². The molecule has 1 aliphatic heterocycles. The SMILES string of the molecule is COc1ccc(C2CCCN2)cc1.Cl. The lowest BCUT2D eigenvalue weighted by Gasteiger charge is -2.10. The third-order valence-corrected chi connectivity index (χ3v) is 2.58. The fraction of sp³-hybridized carbons (Fsp3) is 0.455. The van der Waals surface area contributed by atoms with Crippen LogP contribution in [-0.4, -0.2) is 13.7 Å². The molecule has 2 rings (SSSR count). The number of methoxy groups -OCH3 is 1. The van der Waals surface area contributed by atoms with Crippen molar-refractivity contribution in [2.24, 2.45) is 0 Å². The summed E-state index contributed by atoms with van der Waals surface area (Å²) in [7, 11) is 1.70. The van der Waals surface area contributed by atoms with Gasteiger partial charge in [-0.05, 0) is 37.1 Å². The molecule has 1 unspecified atom stereocenters. The van der Waals surface area contributed by atoms with Gasteiger partial charge in [-0.25, -0.2) is 0 Å². The lowest BCUT2D eigenvalue weighted by molar-refractivity contribution is 0.414. The molecule has 0 aliphatic carbocycles. The maximum Gasteiger partial charge on any atom is 0.118 e. The predicted octanol–water partition coefficient (Wildman–Crippen LogP) is 2.54. The van der Waals surface area contributed by atoms with Crippen LogP contribution in [0.15, 0.2) is 24.3 Å². The highest BCUT2D eigenvalue weighted by atomic mass is 35.5. The standard InChI is InChI=1S/C11H15NO.ClH/c1-13-10-6-4-9(5-7-10)11-3-2-8-12-11;/h4-7,11-12H,2-3,8H2,1H3;1H. The summed E-state index contributed by atoms with van der Waals surface area (Å²) >= 11 is 0. The molecule has 0 aromatic heterocycles. The molecule has 1 fully saturated rings. The Kier molecular flexibility index (Phi) is 4.23. The fourth-order valence-electron chi connectivity index (χ4n) is 1.81. The molecule has 0 bridgehead atoms. The lowest BCUT2D eigenvalue weighted by atomic mass is 10.1. The van der Waals surface area contributed by atoms with Crippen molar-refractivity contribution in [1.29, 1.82) is 0 Å². The molecule has 1 atom stereocenters.